The van der Waals surface area contributed by atoms with Gasteiger partial charge in [0.15, 0.2) is 0 Å². The number of hydrogen-bond acceptors (Lipinski definition) is 7. The molecule has 0 radical (unpaired) electrons. The van der Waals surface area contributed by atoms with E-state index in [4.69, 9.17) is 4.74 Å². The van der Waals surface area contributed by atoms with Crippen molar-refractivity contribution in [2.45, 2.75) is 26.4 Å². The molecule has 9 nitrogen and oxygen atoms in total. The maximum absolute atomic E-state index is 12.7. The Bertz CT molecular complexity index is 925. The van der Waals surface area contributed by atoms with Crippen LogP contribution in [0.4, 0.5) is 0 Å². The molecule has 0 bridgehead atoms. The molecule has 1 aliphatic rings. The highest BCUT2D eigenvalue weighted by molar-refractivity contribution is 5.91. The first-order valence-electron chi connectivity index (χ1n) is 8.05. The highest BCUT2D eigenvalue weighted by Crippen LogP contribution is 2.17. The van der Waals surface area contributed by atoms with E-state index in [1.165, 1.54) is 0 Å². The molecule has 9 heteroatoms. The van der Waals surface area contributed by atoms with Gasteiger partial charge in [0.1, 0.15) is 6.10 Å². The van der Waals surface area contributed by atoms with Crippen LogP contribution in [0.3, 0.4) is 0 Å². The number of carbonyl (C=O) groups excluding carboxylic acids is 1. The average molecular weight is 339 g/mol. The Hall–Kier alpha value is -3.10. The SMILES string of the molecule is Cc1cc(C)n2nc(C(=O)N3CCC(Oc4cccnn4)C3)nc2n1. The van der Waals surface area contributed by atoms with Gasteiger partial charge in [-0.2, -0.15) is 10.1 Å². The summed E-state index contributed by atoms with van der Waals surface area (Å²) in [5.74, 6) is 0.838. The summed E-state index contributed by atoms with van der Waals surface area (Å²) in [5.41, 5.74) is 1.73. The van der Waals surface area contributed by atoms with Crippen LogP contribution in [0.2, 0.25) is 0 Å². The first kappa shape index (κ1) is 15.4. The summed E-state index contributed by atoms with van der Waals surface area (Å²) in [7, 11) is 0. The van der Waals surface area contributed by atoms with Gasteiger partial charge in [0.05, 0.1) is 6.54 Å². The van der Waals surface area contributed by atoms with Gasteiger partial charge >= 0.3 is 0 Å². The van der Waals surface area contributed by atoms with Gasteiger partial charge in [-0.05, 0) is 26.0 Å². The number of hydrogen-bond donors (Lipinski definition) is 0. The second kappa shape index (κ2) is 6.08. The van der Waals surface area contributed by atoms with E-state index >= 15 is 0 Å². The zero-order valence-electron chi connectivity index (χ0n) is 14.0. The third-order valence-electron chi connectivity index (χ3n) is 4.08. The van der Waals surface area contributed by atoms with E-state index in [2.05, 4.69) is 25.3 Å². The van der Waals surface area contributed by atoms with Crippen molar-refractivity contribution in [1.29, 1.82) is 0 Å². The Morgan fingerprint density at radius 3 is 3.00 bits per heavy atom. The highest BCUT2D eigenvalue weighted by atomic mass is 16.5. The zero-order chi connectivity index (χ0) is 17.4. The van der Waals surface area contributed by atoms with Gasteiger partial charge in [-0.3, -0.25) is 4.79 Å². The maximum Gasteiger partial charge on any atom is 0.293 e. The minimum absolute atomic E-state index is 0.111. The molecule has 128 valence electrons. The minimum atomic E-state index is -0.215. The number of carbonyl (C=O) groups is 1. The van der Waals surface area contributed by atoms with E-state index in [1.807, 2.05) is 19.9 Å². The van der Waals surface area contributed by atoms with Crippen molar-refractivity contribution in [3.05, 3.63) is 41.6 Å². The molecule has 0 aromatic carbocycles. The monoisotopic (exact) mass is 339 g/mol. The standard InChI is InChI=1S/C16H17N7O2/c1-10-8-11(2)23-16(18-10)19-14(21-23)15(24)22-7-5-12(9-22)25-13-4-3-6-17-20-13/h3-4,6,8,12H,5,7,9H2,1-2H3. The fourth-order valence-electron chi connectivity index (χ4n) is 2.93. The molecule has 1 amide bonds. The summed E-state index contributed by atoms with van der Waals surface area (Å²) >= 11 is 0. The van der Waals surface area contributed by atoms with Crippen molar-refractivity contribution in [3.8, 4) is 5.88 Å². The van der Waals surface area contributed by atoms with E-state index in [9.17, 15) is 4.79 Å². The molecule has 1 atom stereocenters. The molecular weight excluding hydrogens is 322 g/mol. The topological polar surface area (TPSA) is 98.4 Å². The third-order valence-corrected chi connectivity index (χ3v) is 4.08. The Morgan fingerprint density at radius 2 is 2.20 bits per heavy atom. The largest absolute Gasteiger partial charge is 0.471 e. The number of aryl methyl sites for hydroxylation is 2. The third kappa shape index (κ3) is 3.00. The van der Waals surface area contributed by atoms with Crippen molar-refractivity contribution < 1.29 is 9.53 Å². The van der Waals surface area contributed by atoms with Crippen molar-refractivity contribution in [3.63, 3.8) is 0 Å². The van der Waals surface area contributed by atoms with Gasteiger partial charge in [0.25, 0.3) is 11.7 Å². The van der Waals surface area contributed by atoms with Crippen LogP contribution < -0.4 is 4.74 Å². The Labute approximate surface area is 143 Å². The van der Waals surface area contributed by atoms with Gasteiger partial charge < -0.3 is 9.64 Å². The number of nitrogens with zero attached hydrogens (tertiary/aromatic N) is 7. The van der Waals surface area contributed by atoms with Gasteiger partial charge in [-0.15, -0.1) is 10.2 Å². The predicted molar refractivity (Wildman–Crippen MR) is 87.2 cm³/mol. The van der Waals surface area contributed by atoms with Crippen LogP contribution >= 0.6 is 0 Å². The molecule has 4 heterocycles. The smallest absolute Gasteiger partial charge is 0.293 e. The first-order chi connectivity index (χ1) is 12.1. The van der Waals surface area contributed by atoms with Crippen LogP contribution in [-0.2, 0) is 0 Å². The fraction of sp³-hybridized carbons (Fsp3) is 0.375. The van der Waals surface area contributed by atoms with Crippen LogP contribution in [0.15, 0.2) is 24.4 Å². The first-order valence-corrected chi connectivity index (χ1v) is 8.05. The molecule has 1 aliphatic heterocycles. The van der Waals surface area contributed by atoms with Crippen molar-refractivity contribution >= 4 is 11.7 Å². The van der Waals surface area contributed by atoms with Gasteiger partial charge in [0.2, 0.25) is 11.7 Å². The molecule has 1 fully saturated rings. The second-order valence-corrected chi connectivity index (χ2v) is 6.03. The molecule has 25 heavy (non-hydrogen) atoms. The molecule has 1 unspecified atom stereocenters. The number of fused-ring (bicyclic) bond motifs is 1. The van der Waals surface area contributed by atoms with Gasteiger partial charge in [-0.1, -0.05) is 0 Å². The van der Waals surface area contributed by atoms with Crippen LogP contribution in [-0.4, -0.2) is 59.8 Å². The lowest BCUT2D eigenvalue weighted by Gasteiger charge is -2.14. The quantitative estimate of drug-likeness (QED) is 0.697. The second-order valence-electron chi connectivity index (χ2n) is 6.03. The van der Waals surface area contributed by atoms with Gasteiger partial charge in [0, 0.05) is 36.6 Å². The summed E-state index contributed by atoms with van der Waals surface area (Å²) in [4.78, 5) is 23.0. The molecular formula is C16H17N7O2. The Morgan fingerprint density at radius 1 is 1.32 bits per heavy atom. The molecule has 3 aromatic heterocycles. The summed E-state index contributed by atoms with van der Waals surface area (Å²) < 4.78 is 7.35. The fourth-order valence-corrected chi connectivity index (χ4v) is 2.93. The Balaban J connectivity index is 1.49. The van der Waals surface area contributed by atoms with Gasteiger partial charge in [-0.25, -0.2) is 9.50 Å². The van der Waals surface area contributed by atoms with Crippen LogP contribution in [0, 0.1) is 13.8 Å². The summed E-state index contributed by atoms with van der Waals surface area (Å²) in [6.45, 7) is 4.85. The van der Waals surface area contributed by atoms with Crippen LogP contribution in [0.5, 0.6) is 5.88 Å². The summed E-state index contributed by atoms with van der Waals surface area (Å²) in [5, 5.41) is 12.0. The average Bonchev–Trinajstić information content (AvgIpc) is 3.22. The minimum Gasteiger partial charge on any atom is -0.471 e. The lowest BCUT2D eigenvalue weighted by Crippen LogP contribution is -2.31. The van der Waals surface area contributed by atoms with E-state index in [-0.39, 0.29) is 17.8 Å². The van der Waals surface area contributed by atoms with Crippen molar-refractivity contribution in [1.82, 2.24) is 34.7 Å². The number of likely N-dealkylation sites (tertiary alicyclic amines) is 1. The Kier molecular flexibility index (Phi) is 3.75. The van der Waals surface area contributed by atoms with Crippen LogP contribution in [0.1, 0.15) is 28.4 Å². The maximum atomic E-state index is 12.7. The number of ether oxygens (including phenoxy) is 1. The highest BCUT2D eigenvalue weighted by Gasteiger charge is 2.30. The number of amides is 1. The van der Waals surface area contributed by atoms with E-state index in [0.717, 1.165) is 17.8 Å². The summed E-state index contributed by atoms with van der Waals surface area (Å²) in [6.07, 6.45) is 2.20. The molecule has 0 saturated carbocycles. The summed E-state index contributed by atoms with van der Waals surface area (Å²) in [6, 6.07) is 5.41. The van der Waals surface area contributed by atoms with Crippen molar-refractivity contribution in [2.75, 3.05) is 13.1 Å². The molecule has 3 aromatic rings. The lowest BCUT2D eigenvalue weighted by atomic mass is 10.3. The molecule has 0 aliphatic carbocycles. The molecule has 0 N–H and O–H groups in total. The van der Waals surface area contributed by atoms with E-state index in [0.29, 0.717) is 24.7 Å². The molecule has 1 saturated heterocycles. The number of aromatic nitrogens is 6. The normalized spacial score (nSPS) is 17.2. The van der Waals surface area contributed by atoms with E-state index < -0.39 is 0 Å². The van der Waals surface area contributed by atoms with E-state index in [1.54, 1.807) is 27.7 Å². The molecule has 4 rings (SSSR count). The molecule has 0 spiro atoms. The lowest BCUT2D eigenvalue weighted by molar-refractivity contribution is 0.0759. The number of rotatable bonds is 3. The van der Waals surface area contributed by atoms with Crippen molar-refractivity contribution in [2.24, 2.45) is 0 Å². The zero-order valence-corrected chi connectivity index (χ0v) is 14.0. The predicted octanol–water partition coefficient (Wildman–Crippen LogP) is 0.825. The van der Waals surface area contributed by atoms with Crippen LogP contribution in [0.25, 0.3) is 5.78 Å².